The van der Waals surface area contributed by atoms with Gasteiger partial charge in [-0.05, 0) is 55.2 Å². The Bertz CT molecular complexity index is 1050. The normalized spacial score (nSPS) is 12.6. The Morgan fingerprint density at radius 1 is 1.15 bits per heavy atom. The summed E-state index contributed by atoms with van der Waals surface area (Å²) in [6.07, 6.45) is 5.68. The largest absolute Gasteiger partial charge is 0.327 e. The van der Waals surface area contributed by atoms with Gasteiger partial charge in [0.15, 0.2) is 0 Å². The van der Waals surface area contributed by atoms with Crippen LogP contribution in [-0.4, -0.2) is 26.0 Å². The lowest BCUT2D eigenvalue weighted by Gasteiger charge is -2.11. The first kappa shape index (κ1) is 17.8. The number of aromatic nitrogens is 4. The van der Waals surface area contributed by atoms with E-state index in [1.807, 2.05) is 48.1 Å². The first-order chi connectivity index (χ1) is 13.1. The Morgan fingerprint density at radius 2 is 1.96 bits per heavy atom. The Kier molecular flexibility index (Phi) is 4.97. The van der Waals surface area contributed by atoms with Crippen LogP contribution < -0.4 is 5.73 Å². The highest BCUT2D eigenvalue weighted by Gasteiger charge is 2.08. The van der Waals surface area contributed by atoms with Crippen molar-refractivity contribution in [3.8, 4) is 11.1 Å². The van der Waals surface area contributed by atoms with Gasteiger partial charge < -0.3 is 5.73 Å². The summed E-state index contributed by atoms with van der Waals surface area (Å²) < 4.78 is 1.96. The zero-order valence-corrected chi connectivity index (χ0v) is 15.9. The maximum absolute atomic E-state index is 6.29. The molecule has 0 radical (unpaired) electrons. The summed E-state index contributed by atoms with van der Waals surface area (Å²) in [5, 5.41) is 13.7. The van der Waals surface area contributed by atoms with Gasteiger partial charge in [0.2, 0.25) is 0 Å². The Balaban J connectivity index is 1.40. The van der Waals surface area contributed by atoms with Crippen molar-refractivity contribution in [3.05, 3.63) is 71.1 Å². The van der Waals surface area contributed by atoms with Crippen molar-refractivity contribution in [2.75, 3.05) is 0 Å². The fraction of sp³-hybridized carbons (Fsp3) is 0.238. The Hall–Kier alpha value is -2.63. The zero-order chi connectivity index (χ0) is 18.8. The van der Waals surface area contributed by atoms with Crippen LogP contribution in [0.15, 0.2) is 54.9 Å². The van der Waals surface area contributed by atoms with Crippen molar-refractivity contribution in [2.45, 2.75) is 32.4 Å². The Labute approximate surface area is 163 Å². The molecule has 0 unspecified atom stereocenters. The van der Waals surface area contributed by atoms with Gasteiger partial charge in [-0.25, -0.2) is 0 Å². The smallest absolute Gasteiger partial charge is 0.0924 e. The van der Waals surface area contributed by atoms with E-state index in [0.717, 1.165) is 52.1 Å². The minimum Gasteiger partial charge on any atom is -0.327 e. The van der Waals surface area contributed by atoms with Gasteiger partial charge in [-0.15, -0.1) is 0 Å². The summed E-state index contributed by atoms with van der Waals surface area (Å²) in [5.74, 6) is 0. The highest BCUT2D eigenvalue weighted by molar-refractivity contribution is 6.30. The molecule has 4 aromatic rings. The monoisotopic (exact) mass is 379 g/mol. The van der Waals surface area contributed by atoms with Gasteiger partial charge in [-0.1, -0.05) is 29.8 Å². The minimum absolute atomic E-state index is 0.0868. The molecule has 0 aliphatic heterocycles. The molecule has 5 nitrogen and oxygen atoms in total. The molecule has 2 aromatic carbocycles. The zero-order valence-electron chi connectivity index (χ0n) is 15.2. The molecule has 1 atom stereocenters. The van der Waals surface area contributed by atoms with Crippen LogP contribution in [0.5, 0.6) is 0 Å². The highest BCUT2D eigenvalue weighted by Crippen LogP contribution is 2.24. The number of aromatic amines is 1. The standard InChI is InChI=1S/C21H22ClN5/c1-14-20-11-16(4-7-21(20)26-25-14)17-12-24-27(13-17)9-8-19(23)10-15-2-5-18(22)6-3-15/h2-7,11-13,19H,8-10,23H2,1H3,(H,25,26)/t19-/m1/s1. The number of aryl methyl sites for hydroxylation is 2. The molecule has 0 saturated carbocycles. The molecule has 27 heavy (non-hydrogen) atoms. The molecule has 0 bridgehead atoms. The maximum Gasteiger partial charge on any atom is 0.0924 e. The van der Waals surface area contributed by atoms with E-state index in [2.05, 4.69) is 33.6 Å². The summed E-state index contributed by atoms with van der Waals surface area (Å²) >= 11 is 5.93. The molecular weight excluding hydrogens is 358 g/mol. The number of halogens is 1. The molecular formula is C21H22ClN5. The average molecular weight is 380 g/mol. The van der Waals surface area contributed by atoms with Crippen molar-refractivity contribution < 1.29 is 0 Å². The molecule has 0 spiro atoms. The van der Waals surface area contributed by atoms with Gasteiger partial charge in [-0.3, -0.25) is 9.78 Å². The fourth-order valence-corrected chi connectivity index (χ4v) is 3.40. The van der Waals surface area contributed by atoms with E-state index in [9.17, 15) is 0 Å². The highest BCUT2D eigenvalue weighted by atomic mass is 35.5. The molecule has 0 fully saturated rings. The lowest BCUT2D eigenvalue weighted by atomic mass is 10.0. The fourth-order valence-electron chi connectivity index (χ4n) is 3.28. The molecule has 0 saturated heterocycles. The van der Waals surface area contributed by atoms with Gasteiger partial charge in [0.25, 0.3) is 0 Å². The van der Waals surface area contributed by atoms with Gasteiger partial charge in [0, 0.05) is 40.4 Å². The van der Waals surface area contributed by atoms with Crippen molar-refractivity contribution in [1.82, 2.24) is 20.0 Å². The summed E-state index contributed by atoms with van der Waals surface area (Å²) in [4.78, 5) is 0. The first-order valence-corrected chi connectivity index (χ1v) is 9.44. The van der Waals surface area contributed by atoms with Crippen LogP contribution >= 0.6 is 11.6 Å². The van der Waals surface area contributed by atoms with E-state index in [1.54, 1.807) is 0 Å². The quantitative estimate of drug-likeness (QED) is 0.523. The van der Waals surface area contributed by atoms with Gasteiger partial charge in [0.05, 0.1) is 11.7 Å². The van der Waals surface area contributed by atoms with Crippen LogP contribution in [0.4, 0.5) is 0 Å². The van der Waals surface area contributed by atoms with Crippen LogP contribution in [-0.2, 0) is 13.0 Å². The molecule has 0 aliphatic carbocycles. The summed E-state index contributed by atoms with van der Waals surface area (Å²) in [6.45, 7) is 2.83. The van der Waals surface area contributed by atoms with Crippen LogP contribution in [0.1, 0.15) is 17.7 Å². The average Bonchev–Trinajstić information content (AvgIpc) is 3.29. The summed E-state index contributed by atoms with van der Waals surface area (Å²) in [5.41, 5.74) is 11.8. The molecule has 138 valence electrons. The number of nitrogens with two attached hydrogens (primary N) is 1. The Morgan fingerprint density at radius 3 is 2.78 bits per heavy atom. The van der Waals surface area contributed by atoms with Crippen LogP contribution in [0.3, 0.4) is 0 Å². The van der Waals surface area contributed by atoms with Crippen molar-refractivity contribution >= 4 is 22.5 Å². The predicted octanol–water partition coefficient (Wildman–Crippen LogP) is 4.35. The van der Waals surface area contributed by atoms with E-state index in [0.29, 0.717) is 0 Å². The third-order valence-electron chi connectivity index (χ3n) is 4.85. The third-order valence-corrected chi connectivity index (χ3v) is 5.10. The number of fused-ring (bicyclic) bond motifs is 1. The van der Waals surface area contributed by atoms with Gasteiger partial charge >= 0.3 is 0 Å². The molecule has 6 heteroatoms. The van der Waals surface area contributed by atoms with Gasteiger partial charge in [-0.2, -0.15) is 10.2 Å². The SMILES string of the molecule is Cc1[nH]nc2ccc(-c3cnn(CC[C@@H](N)Cc4ccc(Cl)cc4)c3)cc12. The van der Waals surface area contributed by atoms with E-state index in [1.165, 1.54) is 5.56 Å². The number of hydrogen-bond acceptors (Lipinski definition) is 3. The van der Waals surface area contributed by atoms with E-state index < -0.39 is 0 Å². The van der Waals surface area contributed by atoms with E-state index in [4.69, 9.17) is 17.3 Å². The van der Waals surface area contributed by atoms with Crippen molar-refractivity contribution in [1.29, 1.82) is 0 Å². The lowest BCUT2D eigenvalue weighted by molar-refractivity contribution is 0.507. The number of benzene rings is 2. The maximum atomic E-state index is 6.29. The van der Waals surface area contributed by atoms with Crippen molar-refractivity contribution in [3.63, 3.8) is 0 Å². The molecule has 4 rings (SSSR count). The molecule has 0 aliphatic rings. The molecule has 0 amide bonds. The second-order valence-corrected chi connectivity index (χ2v) is 7.39. The first-order valence-electron chi connectivity index (χ1n) is 9.06. The minimum atomic E-state index is 0.0868. The number of rotatable bonds is 6. The lowest BCUT2D eigenvalue weighted by Crippen LogP contribution is -2.24. The third kappa shape index (κ3) is 4.04. The number of nitrogens with zero attached hydrogens (tertiary/aromatic N) is 3. The number of nitrogens with one attached hydrogen (secondary N) is 1. The second-order valence-electron chi connectivity index (χ2n) is 6.95. The predicted molar refractivity (Wildman–Crippen MR) is 110 cm³/mol. The second kappa shape index (κ2) is 7.55. The van der Waals surface area contributed by atoms with E-state index in [-0.39, 0.29) is 6.04 Å². The topological polar surface area (TPSA) is 72.5 Å². The van der Waals surface area contributed by atoms with Gasteiger partial charge in [0.1, 0.15) is 0 Å². The van der Waals surface area contributed by atoms with Crippen molar-refractivity contribution in [2.24, 2.45) is 5.73 Å². The number of hydrogen-bond donors (Lipinski definition) is 2. The molecule has 3 N–H and O–H groups in total. The molecule has 2 heterocycles. The molecule has 2 aromatic heterocycles. The van der Waals surface area contributed by atoms with Crippen LogP contribution in [0.2, 0.25) is 5.02 Å². The number of H-pyrrole nitrogens is 1. The van der Waals surface area contributed by atoms with Crippen LogP contribution in [0.25, 0.3) is 22.0 Å². The summed E-state index contributed by atoms with van der Waals surface area (Å²) in [6, 6.07) is 14.2. The van der Waals surface area contributed by atoms with Crippen LogP contribution in [0, 0.1) is 6.92 Å². The summed E-state index contributed by atoms with van der Waals surface area (Å²) in [7, 11) is 0. The van der Waals surface area contributed by atoms with E-state index >= 15 is 0 Å².